The molecule has 1 rings (SSSR count). The maximum Gasteiger partial charge on any atom is 0.271 e. The van der Waals surface area contributed by atoms with E-state index in [0.29, 0.717) is 11.3 Å². The Morgan fingerprint density at radius 1 is 1.44 bits per heavy atom. The highest BCUT2D eigenvalue weighted by Crippen LogP contribution is 2.01. The summed E-state index contributed by atoms with van der Waals surface area (Å²) in [4.78, 5) is 26.4. The molecule has 6 N–H and O–H groups in total. The van der Waals surface area contributed by atoms with Crippen LogP contribution >= 0.6 is 0 Å². The van der Waals surface area contributed by atoms with Gasteiger partial charge in [-0.05, 0) is 12.1 Å². The van der Waals surface area contributed by atoms with Crippen molar-refractivity contribution in [3.8, 4) is 0 Å². The SMILES string of the molecule is CC(=O)NCc1cc(C(=O)NN=C(N)N)ccn1. The summed E-state index contributed by atoms with van der Waals surface area (Å²) in [5, 5.41) is 5.96. The van der Waals surface area contributed by atoms with Crippen LogP contribution in [0.4, 0.5) is 0 Å². The molecule has 0 atom stereocenters. The Morgan fingerprint density at radius 2 is 2.17 bits per heavy atom. The summed E-state index contributed by atoms with van der Waals surface area (Å²) >= 11 is 0. The van der Waals surface area contributed by atoms with Crippen LogP contribution in [0.15, 0.2) is 23.4 Å². The normalized spacial score (nSPS) is 9.39. The Hall–Kier alpha value is -2.64. The van der Waals surface area contributed by atoms with E-state index in [1.807, 2.05) is 0 Å². The highest BCUT2D eigenvalue weighted by Gasteiger charge is 2.06. The summed E-state index contributed by atoms with van der Waals surface area (Å²) in [5.41, 5.74) is 13.2. The number of carbonyl (C=O) groups excluding carboxylic acids is 2. The molecule has 0 aromatic carbocycles. The van der Waals surface area contributed by atoms with E-state index in [0.717, 1.165) is 0 Å². The minimum Gasteiger partial charge on any atom is -0.369 e. The second-order valence-corrected chi connectivity index (χ2v) is 3.42. The average molecular weight is 250 g/mol. The number of pyridine rings is 1. The lowest BCUT2D eigenvalue weighted by molar-refractivity contribution is -0.119. The van der Waals surface area contributed by atoms with Gasteiger partial charge < -0.3 is 16.8 Å². The van der Waals surface area contributed by atoms with E-state index in [9.17, 15) is 9.59 Å². The number of hydrazone groups is 1. The number of carbonyl (C=O) groups is 2. The fraction of sp³-hybridized carbons (Fsp3) is 0.200. The number of rotatable bonds is 4. The van der Waals surface area contributed by atoms with Crippen molar-refractivity contribution in [1.29, 1.82) is 0 Å². The van der Waals surface area contributed by atoms with Gasteiger partial charge in [0, 0.05) is 18.7 Å². The van der Waals surface area contributed by atoms with Crippen molar-refractivity contribution in [1.82, 2.24) is 15.7 Å². The van der Waals surface area contributed by atoms with Crippen LogP contribution in [-0.2, 0) is 11.3 Å². The second kappa shape index (κ2) is 6.18. The van der Waals surface area contributed by atoms with Gasteiger partial charge in [-0.15, -0.1) is 5.10 Å². The first kappa shape index (κ1) is 13.4. The van der Waals surface area contributed by atoms with Gasteiger partial charge in [0.25, 0.3) is 5.91 Å². The third-order valence-corrected chi connectivity index (χ3v) is 1.88. The van der Waals surface area contributed by atoms with Crippen molar-refractivity contribution in [2.75, 3.05) is 0 Å². The largest absolute Gasteiger partial charge is 0.369 e. The van der Waals surface area contributed by atoms with E-state index in [-0.39, 0.29) is 18.4 Å². The van der Waals surface area contributed by atoms with E-state index in [1.54, 1.807) is 0 Å². The van der Waals surface area contributed by atoms with Crippen molar-refractivity contribution in [2.45, 2.75) is 13.5 Å². The molecule has 0 spiro atoms. The molecule has 2 amide bonds. The van der Waals surface area contributed by atoms with Crippen molar-refractivity contribution in [3.05, 3.63) is 29.6 Å². The van der Waals surface area contributed by atoms with Crippen LogP contribution in [0.1, 0.15) is 23.0 Å². The van der Waals surface area contributed by atoms with Crippen LogP contribution in [-0.4, -0.2) is 22.8 Å². The van der Waals surface area contributed by atoms with Gasteiger partial charge in [0.15, 0.2) is 0 Å². The van der Waals surface area contributed by atoms with Crippen LogP contribution in [0.5, 0.6) is 0 Å². The van der Waals surface area contributed by atoms with Gasteiger partial charge in [-0.1, -0.05) is 0 Å². The van der Waals surface area contributed by atoms with Crippen LogP contribution < -0.4 is 22.2 Å². The monoisotopic (exact) mass is 250 g/mol. The molecular weight excluding hydrogens is 236 g/mol. The summed E-state index contributed by atoms with van der Waals surface area (Å²) in [6.45, 7) is 1.65. The summed E-state index contributed by atoms with van der Waals surface area (Å²) in [6, 6.07) is 3.04. The fourth-order valence-corrected chi connectivity index (χ4v) is 1.11. The molecule has 18 heavy (non-hydrogen) atoms. The molecule has 0 bridgehead atoms. The number of nitrogens with one attached hydrogen (secondary N) is 2. The van der Waals surface area contributed by atoms with Gasteiger partial charge in [-0.25, -0.2) is 5.43 Å². The average Bonchev–Trinajstić information content (AvgIpc) is 2.33. The molecular formula is C10H14N6O2. The number of amides is 2. The van der Waals surface area contributed by atoms with E-state index in [2.05, 4.69) is 20.8 Å². The number of nitrogens with two attached hydrogens (primary N) is 2. The van der Waals surface area contributed by atoms with Crippen LogP contribution in [0.2, 0.25) is 0 Å². The van der Waals surface area contributed by atoms with Gasteiger partial charge >= 0.3 is 0 Å². The van der Waals surface area contributed by atoms with Crippen LogP contribution in [0.3, 0.4) is 0 Å². The third-order valence-electron chi connectivity index (χ3n) is 1.88. The molecule has 0 radical (unpaired) electrons. The van der Waals surface area contributed by atoms with Gasteiger partial charge in [0.2, 0.25) is 11.9 Å². The highest BCUT2D eigenvalue weighted by molar-refractivity contribution is 5.94. The lowest BCUT2D eigenvalue weighted by Gasteiger charge is -2.04. The lowest BCUT2D eigenvalue weighted by atomic mass is 10.2. The zero-order valence-corrected chi connectivity index (χ0v) is 9.80. The molecule has 0 saturated carbocycles. The molecule has 96 valence electrons. The molecule has 1 aromatic heterocycles. The number of aromatic nitrogens is 1. The Balaban J connectivity index is 2.72. The topological polar surface area (TPSA) is 135 Å². The lowest BCUT2D eigenvalue weighted by Crippen LogP contribution is -2.29. The van der Waals surface area contributed by atoms with Crippen molar-refractivity contribution < 1.29 is 9.59 Å². The Labute approximate surface area is 103 Å². The van der Waals surface area contributed by atoms with Gasteiger partial charge in [-0.2, -0.15) is 0 Å². The third kappa shape index (κ3) is 4.47. The van der Waals surface area contributed by atoms with E-state index < -0.39 is 5.91 Å². The zero-order valence-electron chi connectivity index (χ0n) is 9.80. The van der Waals surface area contributed by atoms with Crippen LogP contribution in [0, 0.1) is 0 Å². The highest BCUT2D eigenvalue weighted by atomic mass is 16.2. The van der Waals surface area contributed by atoms with E-state index in [4.69, 9.17) is 11.5 Å². The Morgan fingerprint density at radius 3 is 2.78 bits per heavy atom. The Kier molecular flexibility index (Phi) is 4.61. The molecule has 0 saturated heterocycles. The maximum absolute atomic E-state index is 11.6. The first-order valence-electron chi connectivity index (χ1n) is 5.07. The number of hydrogen-bond acceptors (Lipinski definition) is 4. The molecule has 8 nitrogen and oxygen atoms in total. The number of nitrogens with zero attached hydrogens (tertiary/aromatic N) is 2. The molecule has 8 heteroatoms. The van der Waals surface area contributed by atoms with Crippen LogP contribution in [0.25, 0.3) is 0 Å². The van der Waals surface area contributed by atoms with Gasteiger partial charge in [0.05, 0.1) is 12.2 Å². The molecule has 0 aliphatic rings. The molecule has 0 fully saturated rings. The molecule has 1 aromatic rings. The quantitative estimate of drug-likeness (QED) is 0.297. The fourth-order valence-electron chi connectivity index (χ4n) is 1.11. The summed E-state index contributed by atoms with van der Waals surface area (Å²) < 4.78 is 0. The molecule has 0 unspecified atom stereocenters. The summed E-state index contributed by atoms with van der Waals surface area (Å²) in [7, 11) is 0. The zero-order chi connectivity index (χ0) is 13.5. The summed E-state index contributed by atoms with van der Waals surface area (Å²) in [6.07, 6.45) is 1.46. The first-order chi connectivity index (χ1) is 8.49. The summed E-state index contributed by atoms with van der Waals surface area (Å²) in [5.74, 6) is -0.877. The number of hydrogen-bond donors (Lipinski definition) is 4. The van der Waals surface area contributed by atoms with Crippen molar-refractivity contribution >= 4 is 17.8 Å². The van der Waals surface area contributed by atoms with E-state index >= 15 is 0 Å². The second-order valence-electron chi connectivity index (χ2n) is 3.42. The molecule has 0 aliphatic heterocycles. The minimum atomic E-state index is -0.463. The standard InChI is InChI=1S/C10H14N6O2/c1-6(17)14-5-8-4-7(2-3-13-8)9(18)15-16-10(11)12/h2-4H,5H2,1H3,(H,14,17)(H,15,18)(H4,11,12,16). The number of guanidine groups is 1. The maximum atomic E-state index is 11.6. The van der Waals surface area contributed by atoms with Gasteiger partial charge in [0.1, 0.15) is 0 Å². The van der Waals surface area contributed by atoms with Crippen molar-refractivity contribution in [2.24, 2.45) is 16.6 Å². The van der Waals surface area contributed by atoms with Crippen molar-refractivity contribution in [3.63, 3.8) is 0 Å². The van der Waals surface area contributed by atoms with Gasteiger partial charge in [-0.3, -0.25) is 14.6 Å². The predicted octanol–water partition coefficient (Wildman–Crippen LogP) is -1.36. The molecule has 0 aliphatic carbocycles. The Bertz CT molecular complexity index is 481. The first-order valence-corrected chi connectivity index (χ1v) is 5.07. The smallest absolute Gasteiger partial charge is 0.271 e. The van der Waals surface area contributed by atoms with E-state index in [1.165, 1.54) is 25.3 Å². The minimum absolute atomic E-state index is 0.174. The predicted molar refractivity (Wildman–Crippen MR) is 65.0 cm³/mol. The molecule has 1 heterocycles.